The Morgan fingerprint density at radius 1 is 1.55 bits per heavy atom. The third-order valence-electron chi connectivity index (χ3n) is 2.76. The largest absolute Gasteiger partial charge is 0.393 e. The van der Waals surface area contributed by atoms with Gasteiger partial charge in [-0.2, -0.15) is 0 Å². The number of hydrogen-bond donors (Lipinski definition) is 2. The number of hydrogen-bond acceptors (Lipinski definition) is 2. The molecule has 2 rings (SSSR count). The number of rotatable bonds is 0. The van der Waals surface area contributed by atoms with Gasteiger partial charge in [-0.3, -0.25) is 4.79 Å². The number of nitrogens with one attached hydrogen (secondary N) is 1. The van der Waals surface area contributed by atoms with Gasteiger partial charge < -0.3 is 10.4 Å². The van der Waals surface area contributed by atoms with Gasteiger partial charge in [0.25, 0.3) is 0 Å². The lowest BCUT2D eigenvalue weighted by Gasteiger charge is -2.46. The van der Waals surface area contributed by atoms with Crippen LogP contribution in [0.3, 0.4) is 0 Å². The molecular formula is C8H13NO2. The van der Waals surface area contributed by atoms with Crippen LogP contribution < -0.4 is 5.32 Å². The Morgan fingerprint density at radius 2 is 2.27 bits per heavy atom. The molecule has 1 saturated carbocycles. The number of aliphatic hydroxyl groups excluding tert-OH is 1. The molecule has 1 heterocycles. The molecule has 0 aromatic carbocycles. The molecule has 2 fully saturated rings. The first-order chi connectivity index (χ1) is 5.20. The molecule has 1 saturated heterocycles. The highest BCUT2D eigenvalue weighted by Gasteiger charge is 2.43. The fourth-order valence-electron chi connectivity index (χ4n) is 2.07. The van der Waals surface area contributed by atoms with E-state index < -0.39 is 6.10 Å². The number of carbonyl (C=O) groups is 1. The maximum Gasteiger partial charge on any atom is 0.223 e. The standard InChI is InChI=1S/C8H13NO2/c10-6-4-7(11)9-8(5-6)2-1-3-8/h6,10H,1-5H2,(H,9,11)/t6-/m1/s1. The second-order valence-corrected chi connectivity index (χ2v) is 3.74. The molecule has 62 valence electrons. The SMILES string of the molecule is O=C1C[C@@H](O)CC2(CCC2)N1. The Hall–Kier alpha value is -0.570. The molecule has 1 atom stereocenters. The summed E-state index contributed by atoms with van der Waals surface area (Å²) in [6.07, 6.45) is 3.95. The molecule has 2 N–H and O–H groups in total. The minimum Gasteiger partial charge on any atom is -0.393 e. The predicted molar refractivity (Wildman–Crippen MR) is 40.0 cm³/mol. The van der Waals surface area contributed by atoms with Crippen LogP contribution in [0.2, 0.25) is 0 Å². The first kappa shape index (κ1) is 7.10. The van der Waals surface area contributed by atoms with Gasteiger partial charge in [0.15, 0.2) is 0 Å². The molecule has 1 aliphatic carbocycles. The van der Waals surface area contributed by atoms with Gasteiger partial charge in [0.05, 0.1) is 12.5 Å². The van der Waals surface area contributed by atoms with Crippen LogP contribution in [0, 0.1) is 0 Å². The monoisotopic (exact) mass is 155 g/mol. The number of amides is 1. The zero-order valence-electron chi connectivity index (χ0n) is 6.47. The van der Waals surface area contributed by atoms with Gasteiger partial charge in [-0.1, -0.05) is 0 Å². The molecule has 1 amide bonds. The van der Waals surface area contributed by atoms with Crippen molar-refractivity contribution in [2.75, 3.05) is 0 Å². The molecule has 3 heteroatoms. The van der Waals surface area contributed by atoms with Gasteiger partial charge >= 0.3 is 0 Å². The third-order valence-corrected chi connectivity index (χ3v) is 2.76. The van der Waals surface area contributed by atoms with Crippen molar-refractivity contribution in [2.45, 2.75) is 43.7 Å². The van der Waals surface area contributed by atoms with Crippen LogP contribution in [-0.4, -0.2) is 22.7 Å². The van der Waals surface area contributed by atoms with Crippen molar-refractivity contribution in [1.82, 2.24) is 5.32 Å². The summed E-state index contributed by atoms with van der Waals surface area (Å²) >= 11 is 0. The third kappa shape index (κ3) is 1.13. The first-order valence-corrected chi connectivity index (χ1v) is 4.19. The predicted octanol–water partition coefficient (Wildman–Crippen LogP) is 0.180. The maximum atomic E-state index is 11.0. The van der Waals surface area contributed by atoms with E-state index in [2.05, 4.69) is 5.32 Å². The van der Waals surface area contributed by atoms with E-state index in [9.17, 15) is 9.90 Å². The molecule has 0 radical (unpaired) electrons. The van der Waals surface area contributed by atoms with Crippen LogP contribution >= 0.6 is 0 Å². The summed E-state index contributed by atoms with van der Waals surface area (Å²) in [4.78, 5) is 11.0. The van der Waals surface area contributed by atoms with Crippen LogP contribution in [-0.2, 0) is 4.79 Å². The minimum atomic E-state index is -0.399. The Bertz CT molecular complexity index is 187. The van der Waals surface area contributed by atoms with Gasteiger partial charge in [0, 0.05) is 5.54 Å². The van der Waals surface area contributed by atoms with E-state index in [0.29, 0.717) is 6.42 Å². The molecule has 1 aliphatic heterocycles. The van der Waals surface area contributed by atoms with Crippen molar-refractivity contribution in [1.29, 1.82) is 0 Å². The van der Waals surface area contributed by atoms with Crippen LogP contribution in [0.15, 0.2) is 0 Å². The summed E-state index contributed by atoms with van der Waals surface area (Å²) < 4.78 is 0. The summed E-state index contributed by atoms with van der Waals surface area (Å²) in [5, 5.41) is 12.3. The second kappa shape index (κ2) is 2.21. The maximum absolute atomic E-state index is 11.0. The van der Waals surface area contributed by atoms with Crippen molar-refractivity contribution in [2.24, 2.45) is 0 Å². The van der Waals surface area contributed by atoms with Gasteiger partial charge in [-0.15, -0.1) is 0 Å². The van der Waals surface area contributed by atoms with Crippen LogP contribution in [0.5, 0.6) is 0 Å². The van der Waals surface area contributed by atoms with E-state index >= 15 is 0 Å². The van der Waals surface area contributed by atoms with Crippen molar-refractivity contribution in [3.05, 3.63) is 0 Å². The molecule has 3 nitrogen and oxygen atoms in total. The summed E-state index contributed by atoms with van der Waals surface area (Å²) in [6.45, 7) is 0. The molecular weight excluding hydrogens is 142 g/mol. The lowest BCUT2D eigenvalue weighted by molar-refractivity contribution is -0.131. The first-order valence-electron chi connectivity index (χ1n) is 4.19. The van der Waals surface area contributed by atoms with Crippen molar-refractivity contribution >= 4 is 5.91 Å². The molecule has 0 aromatic rings. The lowest BCUT2D eigenvalue weighted by Crippen LogP contribution is -2.59. The smallest absolute Gasteiger partial charge is 0.223 e. The second-order valence-electron chi connectivity index (χ2n) is 3.74. The summed E-state index contributed by atoms with van der Waals surface area (Å²) in [5.41, 5.74) is -0.00521. The highest BCUT2D eigenvalue weighted by Crippen LogP contribution is 2.38. The fraction of sp³-hybridized carbons (Fsp3) is 0.875. The van der Waals surface area contributed by atoms with Gasteiger partial charge in [-0.05, 0) is 25.7 Å². The molecule has 11 heavy (non-hydrogen) atoms. The lowest BCUT2D eigenvalue weighted by atomic mass is 9.71. The average Bonchev–Trinajstić information content (AvgIpc) is 1.82. The zero-order chi connectivity index (χ0) is 7.90. The Kier molecular flexibility index (Phi) is 1.42. The molecule has 0 bridgehead atoms. The van der Waals surface area contributed by atoms with Crippen LogP contribution in [0.4, 0.5) is 0 Å². The summed E-state index contributed by atoms with van der Waals surface area (Å²) in [5.74, 6) is 0.0171. The van der Waals surface area contributed by atoms with E-state index in [1.54, 1.807) is 0 Å². The zero-order valence-corrected chi connectivity index (χ0v) is 6.47. The van der Waals surface area contributed by atoms with Crippen molar-refractivity contribution in [3.63, 3.8) is 0 Å². The molecule has 1 spiro atoms. The summed E-state index contributed by atoms with van der Waals surface area (Å²) in [7, 11) is 0. The quantitative estimate of drug-likeness (QED) is 0.524. The van der Waals surface area contributed by atoms with E-state index in [4.69, 9.17) is 0 Å². The number of aliphatic hydroxyl groups is 1. The highest BCUT2D eigenvalue weighted by molar-refractivity contribution is 5.78. The molecule has 0 unspecified atom stereocenters. The van der Waals surface area contributed by atoms with E-state index in [0.717, 1.165) is 19.3 Å². The molecule has 0 aromatic heterocycles. The van der Waals surface area contributed by atoms with Gasteiger partial charge in [-0.25, -0.2) is 0 Å². The van der Waals surface area contributed by atoms with Crippen molar-refractivity contribution < 1.29 is 9.90 Å². The Labute approximate surface area is 65.8 Å². The number of piperidine rings is 1. The number of carbonyl (C=O) groups excluding carboxylic acids is 1. The van der Waals surface area contributed by atoms with Gasteiger partial charge in [0.1, 0.15) is 0 Å². The molecule has 2 aliphatic rings. The Balaban J connectivity index is 2.06. The topological polar surface area (TPSA) is 49.3 Å². The van der Waals surface area contributed by atoms with Crippen LogP contribution in [0.25, 0.3) is 0 Å². The van der Waals surface area contributed by atoms with E-state index in [1.807, 2.05) is 0 Å². The fourth-order valence-corrected chi connectivity index (χ4v) is 2.07. The minimum absolute atomic E-state index is 0.00521. The summed E-state index contributed by atoms with van der Waals surface area (Å²) in [6, 6.07) is 0. The highest BCUT2D eigenvalue weighted by atomic mass is 16.3. The average molecular weight is 155 g/mol. The van der Waals surface area contributed by atoms with E-state index in [1.165, 1.54) is 6.42 Å². The van der Waals surface area contributed by atoms with Gasteiger partial charge in [0.2, 0.25) is 5.91 Å². The van der Waals surface area contributed by atoms with Crippen LogP contribution in [0.1, 0.15) is 32.1 Å². The van der Waals surface area contributed by atoms with Crippen molar-refractivity contribution in [3.8, 4) is 0 Å². The van der Waals surface area contributed by atoms with E-state index in [-0.39, 0.29) is 11.4 Å². The Morgan fingerprint density at radius 3 is 2.73 bits per heavy atom. The normalized spacial score (nSPS) is 34.6.